The SMILES string of the molecule is Cc1onc(-c2ccccc2Cl)c1C(=O)N[C@@H]1CCC[C@@H](O)C1. The number of carbonyl (C=O) groups excluding carboxylic acids is 1. The number of carbonyl (C=O) groups is 1. The fourth-order valence-corrected chi connectivity index (χ4v) is 3.25. The highest BCUT2D eigenvalue weighted by Crippen LogP contribution is 2.31. The normalized spacial score (nSPS) is 21.2. The average molecular weight is 335 g/mol. The molecule has 6 heteroatoms. The molecule has 1 fully saturated rings. The quantitative estimate of drug-likeness (QED) is 0.902. The lowest BCUT2D eigenvalue weighted by molar-refractivity contribution is 0.0849. The van der Waals surface area contributed by atoms with Crippen molar-refractivity contribution in [1.29, 1.82) is 0 Å². The lowest BCUT2D eigenvalue weighted by Gasteiger charge is -2.26. The van der Waals surface area contributed by atoms with E-state index in [-0.39, 0.29) is 18.1 Å². The number of rotatable bonds is 3. The predicted octanol–water partition coefficient (Wildman–Crippen LogP) is 3.34. The van der Waals surface area contributed by atoms with Crippen LogP contribution in [0.3, 0.4) is 0 Å². The first-order valence-corrected chi connectivity index (χ1v) is 8.14. The van der Waals surface area contributed by atoms with Crippen LogP contribution in [-0.4, -0.2) is 28.3 Å². The van der Waals surface area contributed by atoms with Crippen LogP contribution in [0.15, 0.2) is 28.8 Å². The van der Waals surface area contributed by atoms with Gasteiger partial charge in [0, 0.05) is 11.6 Å². The van der Waals surface area contributed by atoms with Gasteiger partial charge in [-0.05, 0) is 38.7 Å². The van der Waals surface area contributed by atoms with Gasteiger partial charge in [-0.3, -0.25) is 4.79 Å². The Kier molecular flexibility index (Phi) is 4.68. The number of nitrogens with zero attached hydrogens (tertiary/aromatic N) is 1. The van der Waals surface area contributed by atoms with Crippen molar-refractivity contribution in [2.75, 3.05) is 0 Å². The number of amides is 1. The maximum Gasteiger partial charge on any atom is 0.257 e. The Morgan fingerprint density at radius 3 is 2.91 bits per heavy atom. The second-order valence-corrected chi connectivity index (χ2v) is 6.34. The Hall–Kier alpha value is -1.85. The van der Waals surface area contributed by atoms with E-state index in [0.29, 0.717) is 34.0 Å². The minimum absolute atomic E-state index is 0.0281. The number of aliphatic hydroxyl groups is 1. The third-order valence-corrected chi connectivity index (χ3v) is 4.53. The highest BCUT2D eigenvalue weighted by atomic mass is 35.5. The number of aryl methyl sites for hydroxylation is 1. The van der Waals surface area contributed by atoms with E-state index in [0.717, 1.165) is 19.3 Å². The highest BCUT2D eigenvalue weighted by molar-refractivity contribution is 6.33. The van der Waals surface area contributed by atoms with Gasteiger partial charge in [0.2, 0.25) is 0 Å². The maximum absolute atomic E-state index is 12.7. The summed E-state index contributed by atoms with van der Waals surface area (Å²) in [6, 6.07) is 7.19. The fourth-order valence-electron chi connectivity index (χ4n) is 3.03. The number of hydrogen-bond donors (Lipinski definition) is 2. The van der Waals surface area contributed by atoms with Gasteiger partial charge in [-0.2, -0.15) is 0 Å². The monoisotopic (exact) mass is 334 g/mol. The Balaban J connectivity index is 1.86. The van der Waals surface area contributed by atoms with Gasteiger partial charge in [0.05, 0.1) is 11.1 Å². The molecular weight excluding hydrogens is 316 g/mol. The Morgan fingerprint density at radius 2 is 2.17 bits per heavy atom. The van der Waals surface area contributed by atoms with Crippen molar-refractivity contribution in [3.63, 3.8) is 0 Å². The average Bonchev–Trinajstić information content (AvgIpc) is 2.89. The van der Waals surface area contributed by atoms with E-state index in [1.54, 1.807) is 19.1 Å². The van der Waals surface area contributed by atoms with Crippen LogP contribution in [0.4, 0.5) is 0 Å². The first-order chi connectivity index (χ1) is 11.1. The van der Waals surface area contributed by atoms with Gasteiger partial charge < -0.3 is 14.9 Å². The summed E-state index contributed by atoms with van der Waals surface area (Å²) in [4.78, 5) is 12.7. The zero-order chi connectivity index (χ0) is 16.4. The van der Waals surface area contributed by atoms with E-state index in [9.17, 15) is 9.90 Å². The van der Waals surface area contributed by atoms with Gasteiger partial charge >= 0.3 is 0 Å². The molecule has 1 amide bonds. The molecule has 122 valence electrons. The molecule has 0 unspecified atom stereocenters. The number of halogens is 1. The summed E-state index contributed by atoms with van der Waals surface area (Å²) in [6.45, 7) is 1.71. The first-order valence-electron chi connectivity index (χ1n) is 7.76. The summed E-state index contributed by atoms with van der Waals surface area (Å²) < 4.78 is 5.22. The van der Waals surface area contributed by atoms with E-state index in [1.165, 1.54) is 0 Å². The molecular formula is C17H19ClN2O3. The van der Waals surface area contributed by atoms with E-state index >= 15 is 0 Å². The van der Waals surface area contributed by atoms with E-state index in [1.807, 2.05) is 12.1 Å². The highest BCUT2D eigenvalue weighted by Gasteiger charge is 2.27. The van der Waals surface area contributed by atoms with Crippen molar-refractivity contribution in [1.82, 2.24) is 10.5 Å². The zero-order valence-electron chi connectivity index (χ0n) is 12.9. The molecule has 0 saturated heterocycles. The number of nitrogens with one attached hydrogen (secondary N) is 1. The van der Waals surface area contributed by atoms with E-state index < -0.39 is 0 Å². The van der Waals surface area contributed by atoms with E-state index in [2.05, 4.69) is 10.5 Å². The van der Waals surface area contributed by atoms with Crippen LogP contribution in [0, 0.1) is 6.92 Å². The second-order valence-electron chi connectivity index (χ2n) is 5.93. The number of aromatic nitrogens is 1. The number of benzene rings is 1. The third-order valence-electron chi connectivity index (χ3n) is 4.20. The summed E-state index contributed by atoms with van der Waals surface area (Å²) in [5.41, 5.74) is 1.51. The Labute approximate surface area is 139 Å². The van der Waals surface area contributed by atoms with Gasteiger partial charge in [0.1, 0.15) is 17.0 Å². The molecule has 0 radical (unpaired) electrons. The summed E-state index contributed by atoms with van der Waals surface area (Å²) >= 11 is 6.21. The lowest BCUT2D eigenvalue weighted by atomic mass is 9.92. The van der Waals surface area contributed by atoms with Crippen LogP contribution in [0.2, 0.25) is 5.02 Å². The van der Waals surface area contributed by atoms with Crippen molar-refractivity contribution < 1.29 is 14.4 Å². The Bertz CT molecular complexity index is 714. The molecule has 1 aromatic heterocycles. The molecule has 0 spiro atoms. The fraction of sp³-hybridized carbons (Fsp3) is 0.412. The molecule has 2 N–H and O–H groups in total. The predicted molar refractivity (Wildman–Crippen MR) is 87.4 cm³/mol. The zero-order valence-corrected chi connectivity index (χ0v) is 13.6. The molecule has 2 atom stereocenters. The molecule has 5 nitrogen and oxygen atoms in total. The molecule has 1 aliphatic rings. The van der Waals surface area contributed by atoms with Crippen LogP contribution in [0.25, 0.3) is 11.3 Å². The molecule has 3 rings (SSSR count). The van der Waals surface area contributed by atoms with Crippen LogP contribution < -0.4 is 5.32 Å². The standard InChI is InChI=1S/C17H19ClN2O3/c1-10-15(17(22)19-11-5-4-6-12(21)9-11)16(20-23-10)13-7-2-3-8-14(13)18/h2-3,7-8,11-12,21H,4-6,9H2,1H3,(H,19,22)/t11-,12-/m1/s1. The molecule has 1 aromatic carbocycles. The van der Waals surface area contributed by atoms with Gasteiger partial charge in [-0.25, -0.2) is 0 Å². The topological polar surface area (TPSA) is 75.4 Å². The summed E-state index contributed by atoms with van der Waals surface area (Å²) in [5, 5.41) is 17.2. The first kappa shape index (κ1) is 16.0. The molecule has 1 heterocycles. The molecule has 23 heavy (non-hydrogen) atoms. The van der Waals surface area contributed by atoms with Gasteiger partial charge in [-0.15, -0.1) is 0 Å². The third kappa shape index (κ3) is 3.41. The maximum atomic E-state index is 12.7. The summed E-state index contributed by atoms with van der Waals surface area (Å²) in [6.07, 6.45) is 2.81. The molecule has 2 aromatic rings. The van der Waals surface area contributed by atoms with Crippen LogP contribution in [0.5, 0.6) is 0 Å². The second kappa shape index (κ2) is 6.72. The number of hydrogen-bond acceptors (Lipinski definition) is 4. The smallest absolute Gasteiger partial charge is 0.257 e. The molecule has 1 saturated carbocycles. The van der Waals surface area contributed by atoms with Gasteiger partial charge in [0.15, 0.2) is 0 Å². The minimum atomic E-state index is -0.347. The summed E-state index contributed by atoms with van der Waals surface area (Å²) in [5.74, 6) is 0.214. The molecule has 0 aliphatic heterocycles. The van der Waals surface area contributed by atoms with Crippen molar-refractivity contribution in [2.24, 2.45) is 0 Å². The molecule has 1 aliphatic carbocycles. The minimum Gasteiger partial charge on any atom is -0.393 e. The van der Waals surface area contributed by atoms with Gasteiger partial charge in [0.25, 0.3) is 5.91 Å². The van der Waals surface area contributed by atoms with Crippen LogP contribution in [-0.2, 0) is 0 Å². The number of aliphatic hydroxyl groups excluding tert-OH is 1. The Morgan fingerprint density at radius 1 is 1.39 bits per heavy atom. The molecule has 0 bridgehead atoms. The van der Waals surface area contributed by atoms with Crippen molar-refractivity contribution in [3.8, 4) is 11.3 Å². The van der Waals surface area contributed by atoms with Crippen molar-refractivity contribution >= 4 is 17.5 Å². The summed E-state index contributed by atoms with van der Waals surface area (Å²) in [7, 11) is 0. The van der Waals surface area contributed by atoms with Crippen molar-refractivity contribution in [2.45, 2.75) is 44.8 Å². The van der Waals surface area contributed by atoms with Crippen LogP contribution in [0.1, 0.15) is 41.8 Å². The van der Waals surface area contributed by atoms with Gasteiger partial charge in [-0.1, -0.05) is 35.0 Å². The van der Waals surface area contributed by atoms with Crippen LogP contribution >= 0.6 is 11.6 Å². The largest absolute Gasteiger partial charge is 0.393 e. The van der Waals surface area contributed by atoms with E-state index in [4.69, 9.17) is 16.1 Å². The van der Waals surface area contributed by atoms with Crippen molar-refractivity contribution in [3.05, 3.63) is 40.6 Å². The lowest BCUT2D eigenvalue weighted by Crippen LogP contribution is -2.40.